The average molecular weight is 398 g/mol. The second-order valence-corrected chi connectivity index (χ2v) is 7.41. The molecule has 0 spiro atoms. The molecule has 0 atom stereocenters. The van der Waals surface area contributed by atoms with Gasteiger partial charge >= 0.3 is 5.97 Å². The Morgan fingerprint density at radius 1 is 1.03 bits per heavy atom. The minimum Gasteiger partial charge on any atom is -0.492 e. The molecule has 0 aliphatic carbocycles. The number of carbonyl (C=O) groups excluding carboxylic acids is 1. The molecule has 2 heterocycles. The van der Waals surface area contributed by atoms with Crippen LogP contribution >= 0.6 is 0 Å². The highest BCUT2D eigenvalue weighted by Crippen LogP contribution is 2.28. The van der Waals surface area contributed by atoms with Crippen LogP contribution in [0.2, 0.25) is 0 Å². The van der Waals surface area contributed by atoms with E-state index < -0.39 is 5.97 Å². The Morgan fingerprint density at radius 2 is 1.76 bits per heavy atom. The molecule has 3 rings (SSSR count). The number of benzene rings is 1. The Balaban J connectivity index is 1.73. The summed E-state index contributed by atoms with van der Waals surface area (Å²) in [5.41, 5.74) is 3.05. The Labute approximate surface area is 173 Å². The lowest BCUT2D eigenvalue weighted by Crippen LogP contribution is -2.13. The Bertz CT molecular complexity index is 743. The number of pyridine rings is 1. The minimum atomic E-state index is -0.423. The van der Waals surface area contributed by atoms with Crippen LogP contribution in [0.15, 0.2) is 36.5 Å². The zero-order valence-electron chi connectivity index (χ0n) is 17.3. The number of nitrogens with zero attached hydrogens (tertiary/aromatic N) is 1. The normalized spacial score (nSPS) is 15.1. The van der Waals surface area contributed by atoms with Gasteiger partial charge in [-0.15, -0.1) is 0 Å². The first-order chi connectivity index (χ1) is 14.3. The number of rotatable bonds is 4. The molecule has 0 unspecified atom stereocenters. The highest BCUT2D eigenvalue weighted by Gasteiger charge is 2.22. The maximum atomic E-state index is 12.7. The van der Waals surface area contributed by atoms with Gasteiger partial charge < -0.3 is 14.2 Å². The Kier molecular flexibility index (Phi) is 8.35. The van der Waals surface area contributed by atoms with Gasteiger partial charge in [0.1, 0.15) is 5.75 Å². The first-order valence-electron chi connectivity index (χ1n) is 10.8. The van der Waals surface area contributed by atoms with E-state index in [9.17, 15) is 4.79 Å². The van der Waals surface area contributed by atoms with Gasteiger partial charge in [0.25, 0.3) is 0 Å². The van der Waals surface area contributed by atoms with Crippen LogP contribution in [0, 0.1) is 0 Å². The largest absolute Gasteiger partial charge is 0.492 e. The van der Waals surface area contributed by atoms with Crippen molar-refractivity contribution < 1.29 is 19.0 Å². The van der Waals surface area contributed by atoms with Crippen molar-refractivity contribution in [3.63, 3.8) is 0 Å². The van der Waals surface area contributed by atoms with Crippen molar-refractivity contribution in [2.75, 3.05) is 19.8 Å². The van der Waals surface area contributed by atoms with E-state index >= 15 is 0 Å². The van der Waals surface area contributed by atoms with Crippen LogP contribution < -0.4 is 9.47 Å². The molecule has 1 aromatic heterocycles. The summed E-state index contributed by atoms with van der Waals surface area (Å²) in [6.45, 7) is 3.50. The summed E-state index contributed by atoms with van der Waals surface area (Å²) < 4.78 is 17.2. The lowest BCUT2D eigenvalue weighted by molar-refractivity contribution is 0.0488. The number of aryl methyl sites for hydroxylation is 2. The fourth-order valence-corrected chi connectivity index (χ4v) is 3.38. The standard InChI is InChI=1S/C24H31NO4/c1-2-3-15-29-24(26)22-21-13-14-25-23(22)28-17-7-5-10-20-12-8-11-19(18-20)9-4-6-16-27-21/h8,11-14,18H,2-7,9-10,15-17H2,1H3. The van der Waals surface area contributed by atoms with Crippen LogP contribution in [-0.2, 0) is 17.6 Å². The van der Waals surface area contributed by atoms with E-state index in [1.807, 2.05) is 0 Å². The summed E-state index contributed by atoms with van der Waals surface area (Å²) in [4.78, 5) is 17.0. The second kappa shape index (κ2) is 11.4. The number of esters is 1. The summed E-state index contributed by atoms with van der Waals surface area (Å²) in [5, 5.41) is 0. The van der Waals surface area contributed by atoms with Gasteiger partial charge in [-0.1, -0.05) is 37.6 Å². The number of aromatic nitrogens is 1. The molecular formula is C24H31NO4. The van der Waals surface area contributed by atoms with Crippen molar-refractivity contribution >= 4 is 5.97 Å². The van der Waals surface area contributed by atoms with Crippen molar-refractivity contribution in [1.29, 1.82) is 0 Å². The van der Waals surface area contributed by atoms with Crippen LogP contribution in [0.5, 0.6) is 11.6 Å². The van der Waals surface area contributed by atoms with Gasteiger partial charge in [0.2, 0.25) is 5.88 Å². The van der Waals surface area contributed by atoms with Gasteiger partial charge in [0.15, 0.2) is 5.56 Å². The van der Waals surface area contributed by atoms with E-state index in [0.29, 0.717) is 37.0 Å². The van der Waals surface area contributed by atoms with E-state index in [1.165, 1.54) is 11.1 Å². The molecule has 5 heteroatoms. The lowest BCUT2D eigenvalue weighted by atomic mass is 10.0. The molecule has 0 fully saturated rings. The van der Waals surface area contributed by atoms with Crippen molar-refractivity contribution in [3.05, 3.63) is 53.2 Å². The van der Waals surface area contributed by atoms with Crippen molar-refractivity contribution in [3.8, 4) is 11.6 Å². The molecule has 0 N–H and O–H groups in total. The van der Waals surface area contributed by atoms with Crippen LogP contribution in [0.25, 0.3) is 0 Å². The maximum absolute atomic E-state index is 12.7. The molecule has 0 saturated heterocycles. The Morgan fingerprint density at radius 3 is 2.48 bits per heavy atom. The quantitative estimate of drug-likeness (QED) is 0.527. The van der Waals surface area contributed by atoms with Gasteiger partial charge in [0.05, 0.1) is 19.8 Å². The van der Waals surface area contributed by atoms with E-state index in [-0.39, 0.29) is 0 Å². The summed E-state index contributed by atoms with van der Waals surface area (Å²) in [6, 6.07) is 10.5. The minimum absolute atomic E-state index is 0.304. The van der Waals surface area contributed by atoms with Crippen LogP contribution in [0.4, 0.5) is 0 Å². The van der Waals surface area contributed by atoms with E-state index in [4.69, 9.17) is 14.2 Å². The first-order valence-corrected chi connectivity index (χ1v) is 10.8. The molecule has 0 saturated carbocycles. The molecule has 1 aliphatic heterocycles. The second-order valence-electron chi connectivity index (χ2n) is 7.41. The van der Waals surface area contributed by atoms with Crippen LogP contribution in [0.3, 0.4) is 0 Å². The molecule has 1 aliphatic rings. The topological polar surface area (TPSA) is 57.7 Å². The van der Waals surface area contributed by atoms with Gasteiger partial charge in [-0.2, -0.15) is 0 Å². The molecule has 4 bridgehead atoms. The average Bonchev–Trinajstić information content (AvgIpc) is 2.73. The van der Waals surface area contributed by atoms with Crippen LogP contribution in [0.1, 0.15) is 66.9 Å². The molecule has 0 amide bonds. The SMILES string of the molecule is CCCCOC(=O)c1c2ccnc1OCCCCc1cccc(c1)CCCCO2. The van der Waals surface area contributed by atoms with Crippen LogP contribution in [-0.4, -0.2) is 30.8 Å². The fourth-order valence-electron chi connectivity index (χ4n) is 3.38. The smallest absolute Gasteiger partial charge is 0.347 e. The number of hydrogen-bond donors (Lipinski definition) is 0. The lowest BCUT2D eigenvalue weighted by Gasteiger charge is -2.15. The zero-order chi connectivity index (χ0) is 20.3. The van der Waals surface area contributed by atoms with Gasteiger partial charge in [0, 0.05) is 6.20 Å². The molecule has 1 aromatic carbocycles. The highest BCUT2D eigenvalue weighted by molar-refractivity contribution is 5.95. The molecular weight excluding hydrogens is 366 g/mol. The van der Waals surface area contributed by atoms with Gasteiger partial charge in [-0.25, -0.2) is 9.78 Å². The molecule has 29 heavy (non-hydrogen) atoms. The van der Waals surface area contributed by atoms with E-state index in [2.05, 4.69) is 36.2 Å². The monoisotopic (exact) mass is 397 g/mol. The first kappa shape index (κ1) is 21.2. The number of ether oxygens (including phenoxy) is 3. The van der Waals surface area contributed by atoms with Gasteiger partial charge in [-0.3, -0.25) is 0 Å². The summed E-state index contributed by atoms with van der Waals surface area (Å²) >= 11 is 0. The number of hydrogen-bond acceptors (Lipinski definition) is 5. The third-order valence-electron chi connectivity index (χ3n) is 5.02. The predicted octanol–water partition coefficient (Wildman–Crippen LogP) is 5.16. The number of carbonyl (C=O) groups is 1. The molecule has 0 radical (unpaired) electrons. The maximum Gasteiger partial charge on any atom is 0.347 e. The van der Waals surface area contributed by atoms with E-state index in [1.54, 1.807) is 12.3 Å². The predicted molar refractivity (Wildman–Crippen MR) is 113 cm³/mol. The van der Waals surface area contributed by atoms with Crippen molar-refractivity contribution in [2.24, 2.45) is 0 Å². The molecule has 5 nitrogen and oxygen atoms in total. The van der Waals surface area contributed by atoms with E-state index in [0.717, 1.165) is 51.4 Å². The van der Waals surface area contributed by atoms with Gasteiger partial charge in [-0.05, 0) is 62.1 Å². The number of fused-ring (bicyclic) bond motifs is 4. The third kappa shape index (κ3) is 6.48. The molecule has 2 aromatic rings. The summed E-state index contributed by atoms with van der Waals surface area (Å²) in [5.74, 6) is 0.372. The molecule has 156 valence electrons. The van der Waals surface area contributed by atoms with Crippen molar-refractivity contribution in [1.82, 2.24) is 4.98 Å². The summed E-state index contributed by atoms with van der Waals surface area (Å²) in [7, 11) is 0. The third-order valence-corrected chi connectivity index (χ3v) is 5.02. The summed E-state index contributed by atoms with van der Waals surface area (Å²) in [6.07, 6.45) is 9.35. The highest BCUT2D eigenvalue weighted by atomic mass is 16.5. The van der Waals surface area contributed by atoms with Crippen molar-refractivity contribution in [2.45, 2.75) is 58.3 Å². The Hall–Kier alpha value is -2.56. The zero-order valence-corrected chi connectivity index (χ0v) is 17.3. The fraction of sp³-hybridized carbons (Fsp3) is 0.500. The number of unbranched alkanes of at least 4 members (excludes halogenated alkanes) is 1.